The molecule has 1 saturated heterocycles. The second-order valence-electron chi connectivity index (χ2n) is 4.36. The van der Waals surface area contributed by atoms with Crippen LogP contribution in [0.3, 0.4) is 0 Å². The fourth-order valence-electron chi connectivity index (χ4n) is 2.33. The highest BCUT2D eigenvalue weighted by atomic mass is 16.5. The average molecular weight is 227 g/mol. The van der Waals surface area contributed by atoms with E-state index in [1.807, 2.05) is 6.92 Å². The molecule has 0 aromatic heterocycles. The largest absolute Gasteiger partial charge is 0.480 e. The van der Waals surface area contributed by atoms with E-state index in [-0.39, 0.29) is 17.9 Å². The highest BCUT2D eigenvalue weighted by Gasteiger charge is 2.48. The predicted octanol–water partition coefficient (Wildman–Crippen LogP) is 0.487. The van der Waals surface area contributed by atoms with Gasteiger partial charge in [-0.15, -0.1) is 0 Å². The lowest BCUT2D eigenvalue weighted by Crippen LogP contribution is -2.41. The lowest BCUT2D eigenvalue weighted by atomic mass is 10.2. The number of rotatable bonds is 4. The molecule has 1 heterocycles. The van der Waals surface area contributed by atoms with E-state index < -0.39 is 12.0 Å². The van der Waals surface area contributed by atoms with E-state index in [9.17, 15) is 9.59 Å². The van der Waals surface area contributed by atoms with Gasteiger partial charge in [-0.3, -0.25) is 4.79 Å². The zero-order chi connectivity index (χ0) is 11.7. The van der Waals surface area contributed by atoms with Gasteiger partial charge in [-0.1, -0.05) is 0 Å². The Kier molecular flexibility index (Phi) is 3.14. The number of likely N-dealkylation sites (tertiary alicyclic amines) is 1. The van der Waals surface area contributed by atoms with Crippen molar-refractivity contribution in [3.05, 3.63) is 0 Å². The van der Waals surface area contributed by atoms with Gasteiger partial charge in [0.05, 0.1) is 12.0 Å². The molecule has 2 aliphatic rings. The maximum atomic E-state index is 12.0. The Hall–Kier alpha value is -1.10. The standard InChI is InChI=1S/C11H17NO4/c1-2-16-9-6-7(9)10(13)12-5-3-4-8(12)11(14)15/h7-9H,2-6H2,1H3,(H,14,15). The van der Waals surface area contributed by atoms with E-state index in [0.29, 0.717) is 19.6 Å². The molecule has 1 aliphatic heterocycles. The number of carbonyl (C=O) groups is 2. The smallest absolute Gasteiger partial charge is 0.326 e. The normalized spacial score (nSPS) is 32.8. The van der Waals surface area contributed by atoms with Gasteiger partial charge in [-0.2, -0.15) is 0 Å². The number of hydrogen-bond acceptors (Lipinski definition) is 3. The van der Waals surface area contributed by atoms with E-state index in [2.05, 4.69) is 0 Å². The van der Waals surface area contributed by atoms with Gasteiger partial charge in [-0.25, -0.2) is 4.79 Å². The lowest BCUT2D eigenvalue weighted by Gasteiger charge is -2.21. The molecule has 0 bridgehead atoms. The van der Waals surface area contributed by atoms with Crippen molar-refractivity contribution in [3.8, 4) is 0 Å². The molecule has 1 amide bonds. The van der Waals surface area contributed by atoms with Gasteiger partial charge in [0.2, 0.25) is 5.91 Å². The van der Waals surface area contributed by atoms with Crippen LogP contribution in [-0.4, -0.2) is 47.2 Å². The molecule has 3 atom stereocenters. The fraction of sp³-hybridized carbons (Fsp3) is 0.818. The minimum absolute atomic E-state index is 0.0209. The van der Waals surface area contributed by atoms with Gasteiger partial charge in [0.1, 0.15) is 6.04 Å². The fourth-order valence-corrected chi connectivity index (χ4v) is 2.33. The minimum atomic E-state index is -0.889. The van der Waals surface area contributed by atoms with Crippen molar-refractivity contribution in [2.24, 2.45) is 5.92 Å². The molecule has 2 rings (SSSR count). The molecular formula is C11H17NO4. The van der Waals surface area contributed by atoms with Crippen LogP contribution < -0.4 is 0 Å². The maximum Gasteiger partial charge on any atom is 0.326 e. The van der Waals surface area contributed by atoms with E-state index in [1.165, 1.54) is 4.90 Å². The van der Waals surface area contributed by atoms with Crippen molar-refractivity contribution in [1.82, 2.24) is 4.90 Å². The quantitative estimate of drug-likeness (QED) is 0.759. The summed E-state index contributed by atoms with van der Waals surface area (Å²) in [5, 5.41) is 8.98. The molecule has 0 spiro atoms. The summed E-state index contributed by atoms with van der Waals surface area (Å²) in [5.74, 6) is -1.03. The molecule has 2 fully saturated rings. The summed E-state index contributed by atoms with van der Waals surface area (Å²) < 4.78 is 5.35. The first-order chi connectivity index (χ1) is 7.65. The summed E-state index contributed by atoms with van der Waals surface area (Å²) in [4.78, 5) is 24.4. The first kappa shape index (κ1) is 11.4. The Bertz CT molecular complexity index is 304. The second kappa shape index (κ2) is 4.41. The lowest BCUT2D eigenvalue weighted by molar-refractivity contribution is -0.149. The van der Waals surface area contributed by atoms with Gasteiger partial charge in [0.15, 0.2) is 0 Å². The SMILES string of the molecule is CCOC1CC1C(=O)N1CCCC1C(=O)O. The van der Waals surface area contributed by atoms with Gasteiger partial charge >= 0.3 is 5.97 Å². The second-order valence-corrected chi connectivity index (χ2v) is 4.36. The minimum Gasteiger partial charge on any atom is -0.480 e. The number of nitrogens with zero attached hydrogens (tertiary/aromatic N) is 1. The van der Waals surface area contributed by atoms with Gasteiger partial charge < -0.3 is 14.7 Å². The third-order valence-corrected chi connectivity index (χ3v) is 3.25. The number of amides is 1. The average Bonchev–Trinajstić information content (AvgIpc) is 2.82. The van der Waals surface area contributed by atoms with Crippen molar-refractivity contribution in [3.63, 3.8) is 0 Å². The third-order valence-electron chi connectivity index (χ3n) is 3.25. The monoisotopic (exact) mass is 227 g/mol. The van der Waals surface area contributed by atoms with Gasteiger partial charge in [-0.05, 0) is 26.2 Å². The van der Waals surface area contributed by atoms with Crippen molar-refractivity contribution < 1.29 is 19.4 Å². The van der Waals surface area contributed by atoms with E-state index in [4.69, 9.17) is 9.84 Å². The molecule has 90 valence electrons. The number of aliphatic carboxylic acids is 1. The van der Waals surface area contributed by atoms with Crippen LogP contribution in [0.5, 0.6) is 0 Å². The molecule has 0 radical (unpaired) electrons. The third kappa shape index (κ3) is 2.04. The van der Waals surface area contributed by atoms with Crippen molar-refractivity contribution in [2.75, 3.05) is 13.2 Å². The van der Waals surface area contributed by atoms with E-state index in [0.717, 1.165) is 12.8 Å². The molecule has 0 aromatic rings. The Morgan fingerprint density at radius 3 is 2.88 bits per heavy atom. The highest BCUT2D eigenvalue weighted by Crippen LogP contribution is 2.37. The Morgan fingerprint density at radius 1 is 1.50 bits per heavy atom. The van der Waals surface area contributed by atoms with Crippen molar-refractivity contribution in [2.45, 2.75) is 38.3 Å². The molecule has 5 heteroatoms. The zero-order valence-electron chi connectivity index (χ0n) is 9.39. The van der Waals surface area contributed by atoms with Crippen LogP contribution in [-0.2, 0) is 14.3 Å². The Balaban J connectivity index is 1.92. The summed E-state index contributed by atoms with van der Waals surface area (Å²) in [6, 6.07) is -0.615. The van der Waals surface area contributed by atoms with E-state index >= 15 is 0 Å². The Morgan fingerprint density at radius 2 is 2.25 bits per heavy atom. The summed E-state index contributed by atoms with van der Waals surface area (Å²) in [5.41, 5.74) is 0. The van der Waals surface area contributed by atoms with Crippen molar-refractivity contribution in [1.29, 1.82) is 0 Å². The molecule has 3 unspecified atom stereocenters. The zero-order valence-corrected chi connectivity index (χ0v) is 9.39. The van der Waals surface area contributed by atoms with Gasteiger partial charge in [0.25, 0.3) is 0 Å². The van der Waals surface area contributed by atoms with Crippen LogP contribution in [0, 0.1) is 5.92 Å². The number of ether oxygens (including phenoxy) is 1. The molecule has 16 heavy (non-hydrogen) atoms. The van der Waals surface area contributed by atoms with E-state index in [1.54, 1.807) is 0 Å². The molecule has 5 nitrogen and oxygen atoms in total. The van der Waals surface area contributed by atoms with Crippen LogP contribution in [0.4, 0.5) is 0 Å². The van der Waals surface area contributed by atoms with Crippen LogP contribution in [0.2, 0.25) is 0 Å². The maximum absolute atomic E-state index is 12.0. The number of hydrogen-bond donors (Lipinski definition) is 1. The summed E-state index contributed by atoms with van der Waals surface area (Å²) >= 11 is 0. The number of carboxylic acid groups (broad SMARTS) is 1. The topological polar surface area (TPSA) is 66.8 Å². The molecular weight excluding hydrogens is 210 g/mol. The predicted molar refractivity (Wildman–Crippen MR) is 55.9 cm³/mol. The summed E-state index contributed by atoms with van der Waals surface area (Å²) in [7, 11) is 0. The summed E-state index contributed by atoms with van der Waals surface area (Å²) in [6.07, 6.45) is 2.13. The highest BCUT2D eigenvalue weighted by molar-refractivity contribution is 5.87. The van der Waals surface area contributed by atoms with Crippen LogP contribution in [0.25, 0.3) is 0 Å². The number of carbonyl (C=O) groups excluding carboxylic acids is 1. The molecule has 1 aliphatic carbocycles. The van der Waals surface area contributed by atoms with Crippen LogP contribution >= 0.6 is 0 Å². The number of carboxylic acids is 1. The van der Waals surface area contributed by atoms with Crippen LogP contribution in [0.1, 0.15) is 26.2 Å². The van der Waals surface area contributed by atoms with Gasteiger partial charge in [0, 0.05) is 13.2 Å². The Labute approximate surface area is 94.4 Å². The first-order valence-corrected chi connectivity index (χ1v) is 5.80. The van der Waals surface area contributed by atoms with Crippen LogP contribution in [0.15, 0.2) is 0 Å². The van der Waals surface area contributed by atoms with Crippen molar-refractivity contribution >= 4 is 11.9 Å². The summed E-state index contributed by atoms with van der Waals surface area (Å²) in [6.45, 7) is 3.08. The first-order valence-electron chi connectivity index (χ1n) is 5.80. The molecule has 1 saturated carbocycles. The molecule has 0 aromatic carbocycles. The molecule has 1 N–H and O–H groups in total.